The van der Waals surface area contributed by atoms with E-state index < -0.39 is 8.07 Å². The molecule has 2 heteroatoms. The second-order valence-electron chi connectivity index (χ2n) is 3.83. The van der Waals surface area contributed by atoms with Crippen LogP contribution in [0.1, 0.15) is 19.8 Å². The highest BCUT2D eigenvalue weighted by molar-refractivity contribution is 6.80. The van der Waals surface area contributed by atoms with Crippen LogP contribution in [0.15, 0.2) is 0 Å². The minimum atomic E-state index is -0.815. The molecule has 1 aliphatic rings. The Morgan fingerprint density at radius 1 is 1.60 bits per heavy atom. The van der Waals surface area contributed by atoms with Gasteiger partial charge in [-0.1, -0.05) is 38.4 Å². The van der Waals surface area contributed by atoms with Gasteiger partial charge in [0.1, 0.15) is 0 Å². The summed E-state index contributed by atoms with van der Waals surface area (Å²) in [5.74, 6) is 0. The van der Waals surface area contributed by atoms with E-state index in [1.54, 1.807) is 0 Å². The van der Waals surface area contributed by atoms with Crippen LogP contribution in [0.5, 0.6) is 0 Å². The van der Waals surface area contributed by atoms with Crippen molar-refractivity contribution >= 4 is 8.07 Å². The average molecular weight is 157 g/mol. The molecule has 0 aromatic carbocycles. The maximum absolute atomic E-state index is 5.72. The number of rotatable bonds is 2. The molecule has 60 valence electrons. The molecule has 0 bridgehead atoms. The Hall–Kier alpha value is 0.177. The molecule has 1 fully saturated rings. The summed E-state index contributed by atoms with van der Waals surface area (Å²) in [4.78, 5) is 0. The zero-order valence-corrected chi connectivity index (χ0v) is 8.19. The van der Waals surface area contributed by atoms with Crippen LogP contribution in [-0.4, -0.2) is 14.6 Å². The van der Waals surface area contributed by atoms with Gasteiger partial charge in [0.2, 0.25) is 0 Å². The maximum atomic E-state index is 5.72. The van der Waals surface area contributed by atoms with E-state index in [0.717, 1.165) is 12.1 Å². The van der Waals surface area contributed by atoms with E-state index in [-0.39, 0.29) is 0 Å². The summed E-state index contributed by atoms with van der Waals surface area (Å²) < 4.78 is 0. The summed E-state index contributed by atoms with van der Waals surface area (Å²) in [5, 5.41) is 0. The van der Waals surface area contributed by atoms with Gasteiger partial charge in [0.25, 0.3) is 0 Å². The number of nitrogens with two attached hydrogens (primary N) is 1. The van der Waals surface area contributed by atoms with Gasteiger partial charge < -0.3 is 5.73 Å². The third-order valence-electron chi connectivity index (χ3n) is 3.38. The molecule has 0 aromatic rings. The standard InChI is InChI=1S/C8H19NSi/c1-3-10(2)6-4-5-8(10)7-9/h8H,3-7,9H2,1-2H3. The monoisotopic (exact) mass is 157 g/mol. The van der Waals surface area contributed by atoms with E-state index >= 15 is 0 Å². The van der Waals surface area contributed by atoms with Crippen molar-refractivity contribution in [1.29, 1.82) is 0 Å². The van der Waals surface area contributed by atoms with Crippen LogP contribution in [0.25, 0.3) is 0 Å². The van der Waals surface area contributed by atoms with E-state index in [4.69, 9.17) is 5.73 Å². The van der Waals surface area contributed by atoms with E-state index in [9.17, 15) is 0 Å². The van der Waals surface area contributed by atoms with Gasteiger partial charge in [0.05, 0.1) is 8.07 Å². The van der Waals surface area contributed by atoms with Gasteiger partial charge >= 0.3 is 0 Å². The maximum Gasteiger partial charge on any atom is 0.0545 e. The van der Waals surface area contributed by atoms with Crippen LogP contribution < -0.4 is 5.73 Å². The molecule has 1 heterocycles. The van der Waals surface area contributed by atoms with Crippen molar-refractivity contribution in [1.82, 2.24) is 0 Å². The fourth-order valence-corrected chi connectivity index (χ4v) is 5.99. The van der Waals surface area contributed by atoms with Gasteiger partial charge in [-0.2, -0.15) is 0 Å². The smallest absolute Gasteiger partial charge is 0.0545 e. The first-order valence-electron chi connectivity index (χ1n) is 4.43. The van der Waals surface area contributed by atoms with E-state index in [1.807, 2.05) is 0 Å². The number of hydrogen-bond acceptors (Lipinski definition) is 1. The summed E-state index contributed by atoms with van der Waals surface area (Å²) >= 11 is 0. The van der Waals surface area contributed by atoms with Crippen molar-refractivity contribution in [2.45, 2.75) is 43.9 Å². The third kappa shape index (κ3) is 1.27. The molecule has 0 aliphatic carbocycles. The summed E-state index contributed by atoms with van der Waals surface area (Å²) in [7, 11) is -0.815. The molecule has 10 heavy (non-hydrogen) atoms. The predicted octanol–water partition coefficient (Wildman–Crippen LogP) is 2.21. The van der Waals surface area contributed by atoms with Crippen molar-refractivity contribution in [3.63, 3.8) is 0 Å². The second-order valence-corrected chi connectivity index (χ2v) is 9.16. The first-order valence-corrected chi connectivity index (χ1v) is 7.42. The molecular weight excluding hydrogens is 138 g/mol. The number of hydrogen-bond donors (Lipinski definition) is 1. The Morgan fingerprint density at radius 3 is 2.70 bits per heavy atom. The zero-order valence-electron chi connectivity index (χ0n) is 7.19. The van der Waals surface area contributed by atoms with Crippen LogP contribution in [0.4, 0.5) is 0 Å². The van der Waals surface area contributed by atoms with Gasteiger partial charge in [-0.05, 0) is 12.1 Å². The van der Waals surface area contributed by atoms with E-state index in [2.05, 4.69) is 13.5 Å². The highest BCUT2D eigenvalue weighted by Gasteiger charge is 2.37. The molecule has 1 aliphatic heterocycles. The lowest BCUT2D eigenvalue weighted by molar-refractivity contribution is 0.760. The largest absolute Gasteiger partial charge is 0.330 e. The van der Waals surface area contributed by atoms with Crippen molar-refractivity contribution in [2.24, 2.45) is 5.73 Å². The van der Waals surface area contributed by atoms with Gasteiger partial charge in [-0.25, -0.2) is 0 Å². The Balaban J connectivity index is 2.56. The first-order chi connectivity index (χ1) is 4.73. The molecule has 0 spiro atoms. The van der Waals surface area contributed by atoms with Gasteiger partial charge in [0.15, 0.2) is 0 Å². The summed E-state index contributed by atoms with van der Waals surface area (Å²) in [6, 6.07) is 2.97. The SMILES string of the molecule is CC[Si]1(C)CCCC1CN. The van der Waals surface area contributed by atoms with Crippen LogP contribution in [0.3, 0.4) is 0 Å². The quantitative estimate of drug-likeness (QED) is 0.611. The van der Waals surface area contributed by atoms with Crippen molar-refractivity contribution in [3.05, 3.63) is 0 Å². The highest BCUT2D eigenvalue weighted by Crippen LogP contribution is 2.40. The Kier molecular flexibility index (Phi) is 2.53. The molecule has 0 amide bonds. The summed E-state index contributed by atoms with van der Waals surface area (Å²) in [6.07, 6.45) is 2.88. The van der Waals surface area contributed by atoms with Gasteiger partial charge in [-0.15, -0.1) is 0 Å². The van der Waals surface area contributed by atoms with Gasteiger partial charge in [-0.3, -0.25) is 0 Å². The topological polar surface area (TPSA) is 26.0 Å². The summed E-state index contributed by atoms with van der Waals surface area (Å²) in [5.41, 5.74) is 6.66. The lowest BCUT2D eigenvalue weighted by Crippen LogP contribution is -2.34. The molecule has 1 nitrogen and oxygen atoms in total. The van der Waals surface area contributed by atoms with E-state index in [1.165, 1.54) is 24.9 Å². The normalized spacial score (nSPS) is 40.5. The van der Waals surface area contributed by atoms with E-state index in [0.29, 0.717) is 0 Å². The lowest BCUT2D eigenvalue weighted by Gasteiger charge is -2.26. The Morgan fingerprint density at radius 2 is 2.30 bits per heavy atom. The third-order valence-corrected chi connectivity index (χ3v) is 8.98. The molecule has 0 aromatic heterocycles. The molecule has 1 saturated heterocycles. The Labute approximate surface area is 65.0 Å². The minimum absolute atomic E-state index is 0.815. The first kappa shape index (κ1) is 8.28. The van der Waals surface area contributed by atoms with Crippen molar-refractivity contribution < 1.29 is 0 Å². The Bertz CT molecular complexity index is 116. The average Bonchev–Trinajstić information content (AvgIpc) is 2.32. The molecule has 2 atom stereocenters. The lowest BCUT2D eigenvalue weighted by atomic mass is 10.2. The van der Waals surface area contributed by atoms with Crippen molar-refractivity contribution in [3.8, 4) is 0 Å². The molecule has 0 radical (unpaired) electrons. The predicted molar refractivity (Wildman–Crippen MR) is 48.9 cm³/mol. The fraction of sp³-hybridized carbons (Fsp3) is 1.00. The molecular formula is C8H19NSi. The zero-order chi connectivity index (χ0) is 7.61. The van der Waals surface area contributed by atoms with Gasteiger partial charge in [0, 0.05) is 0 Å². The summed E-state index contributed by atoms with van der Waals surface area (Å²) in [6.45, 7) is 5.83. The molecule has 2 N–H and O–H groups in total. The second kappa shape index (κ2) is 3.05. The van der Waals surface area contributed by atoms with Crippen LogP contribution >= 0.6 is 0 Å². The molecule has 2 unspecified atom stereocenters. The molecule has 1 rings (SSSR count). The highest BCUT2D eigenvalue weighted by atomic mass is 28.3. The van der Waals surface area contributed by atoms with Crippen LogP contribution in [0, 0.1) is 0 Å². The van der Waals surface area contributed by atoms with Crippen molar-refractivity contribution in [2.75, 3.05) is 6.54 Å². The van der Waals surface area contributed by atoms with Crippen LogP contribution in [0.2, 0.25) is 24.2 Å². The van der Waals surface area contributed by atoms with Crippen LogP contribution in [-0.2, 0) is 0 Å². The minimum Gasteiger partial charge on any atom is -0.330 e. The molecule has 0 saturated carbocycles. The fourth-order valence-electron chi connectivity index (χ4n) is 2.17.